The lowest BCUT2D eigenvalue weighted by atomic mass is 10.1. The minimum atomic E-state index is -0.142. The van der Waals surface area contributed by atoms with Crippen LogP contribution in [0.25, 0.3) is 0 Å². The van der Waals surface area contributed by atoms with Crippen molar-refractivity contribution in [3.8, 4) is 0 Å². The number of amides is 1. The van der Waals surface area contributed by atoms with Crippen LogP contribution >= 0.6 is 23.2 Å². The third kappa shape index (κ3) is 4.84. The Kier molecular flexibility index (Phi) is 5.93. The van der Waals surface area contributed by atoms with Crippen molar-refractivity contribution in [2.45, 2.75) is 32.9 Å². The Bertz CT molecular complexity index is 421. The quantitative estimate of drug-likeness (QED) is 0.874. The molecule has 1 aromatic carbocycles. The molecule has 0 fully saturated rings. The van der Waals surface area contributed by atoms with Gasteiger partial charge in [-0.15, -0.1) is 0 Å². The zero-order chi connectivity index (χ0) is 13.7. The van der Waals surface area contributed by atoms with Gasteiger partial charge in [0.15, 0.2) is 0 Å². The van der Waals surface area contributed by atoms with Gasteiger partial charge in [0.1, 0.15) is 0 Å². The Morgan fingerprint density at radius 3 is 2.50 bits per heavy atom. The SMILES string of the molecule is CC(C)NCC(=O)N[C@@H](C)c1ccc(Cl)cc1Cl. The first-order valence-corrected chi connectivity index (χ1v) is 6.63. The second-order valence-electron chi connectivity index (χ2n) is 4.49. The molecule has 0 saturated heterocycles. The molecule has 0 spiro atoms. The Labute approximate surface area is 118 Å². The summed E-state index contributed by atoms with van der Waals surface area (Å²) in [5, 5.41) is 7.09. The van der Waals surface area contributed by atoms with Crippen LogP contribution in [0.2, 0.25) is 10.0 Å². The van der Waals surface area contributed by atoms with Gasteiger partial charge in [-0.3, -0.25) is 4.79 Å². The van der Waals surface area contributed by atoms with Gasteiger partial charge in [0, 0.05) is 16.1 Å². The highest BCUT2D eigenvalue weighted by atomic mass is 35.5. The van der Waals surface area contributed by atoms with E-state index in [1.165, 1.54) is 0 Å². The summed E-state index contributed by atoms with van der Waals surface area (Å²) < 4.78 is 0. The maximum absolute atomic E-state index is 11.7. The molecule has 0 heterocycles. The minimum Gasteiger partial charge on any atom is -0.348 e. The van der Waals surface area contributed by atoms with E-state index in [2.05, 4.69) is 10.6 Å². The van der Waals surface area contributed by atoms with Crippen LogP contribution in [0.3, 0.4) is 0 Å². The fourth-order valence-corrected chi connectivity index (χ4v) is 2.09. The normalized spacial score (nSPS) is 12.6. The Morgan fingerprint density at radius 2 is 1.94 bits per heavy atom. The zero-order valence-electron chi connectivity index (χ0n) is 10.8. The Balaban J connectivity index is 2.59. The van der Waals surface area contributed by atoms with Crippen molar-refractivity contribution in [3.05, 3.63) is 33.8 Å². The van der Waals surface area contributed by atoms with Crippen molar-refractivity contribution in [2.75, 3.05) is 6.54 Å². The van der Waals surface area contributed by atoms with E-state index < -0.39 is 0 Å². The first-order chi connectivity index (χ1) is 8.40. The summed E-state index contributed by atoms with van der Waals surface area (Å²) in [6, 6.07) is 5.40. The second-order valence-corrected chi connectivity index (χ2v) is 5.33. The lowest BCUT2D eigenvalue weighted by Gasteiger charge is -2.17. The van der Waals surface area contributed by atoms with Gasteiger partial charge in [-0.1, -0.05) is 43.1 Å². The monoisotopic (exact) mass is 288 g/mol. The molecule has 0 aliphatic carbocycles. The molecule has 0 bridgehead atoms. The third-order valence-electron chi connectivity index (χ3n) is 2.48. The molecule has 2 N–H and O–H groups in total. The van der Waals surface area contributed by atoms with E-state index in [1.54, 1.807) is 12.1 Å². The van der Waals surface area contributed by atoms with Crippen molar-refractivity contribution in [1.29, 1.82) is 0 Å². The molecule has 0 aromatic heterocycles. The average Bonchev–Trinajstić information content (AvgIpc) is 2.26. The maximum atomic E-state index is 11.7. The van der Waals surface area contributed by atoms with E-state index in [4.69, 9.17) is 23.2 Å². The van der Waals surface area contributed by atoms with Crippen LogP contribution in [0.1, 0.15) is 32.4 Å². The highest BCUT2D eigenvalue weighted by Crippen LogP contribution is 2.25. The summed E-state index contributed by atoms with van der Waals surface area (Å²) in [5.41, 5.74) is 0.860. The van der Waals surface area contributed by atoms with Crippen LogP contribution < -0.4 is 10.6 Å². The van der Waals surface area contributed by atoms with E-state index in [9.17, 15) is 4.79 Å². The lowest BCUT2D eigenvalue weighted by Crippen LogP contribution is -2.38. The van der Waals surface area contributed by atoms with E-state index in [0.717, 1.165) is 5.56 Å². The molecule has 3 nitrogen and oxygen atoms in total. The number of carbonyl (C=O) groups excluding carboxylic acids is 1. The van der Waals surface area contributed by atoms with Crippen LogP contribution in [-0.2, 0) is 4.79 Å². The molecule has 1 atom stereocenters. The van der Waals surface area contributed by atoms with Crippen molar-refractivity contribution in [1.82, 2.24) is 10.6 Å². The van der Waals surface area contributed by atoms with Crippen molar-refractivity contribution < 1.29 is 4.79 Å². The zero-order valence-corrected chi connectivity index (χ0v) is 12.3. The molecule has 0 aliphatic heterocycles. The first kappa shape index (κ1) is 15.3. The largest absolute Gasteiger partial charge is 0.348 e. The summed E-state index contributed by atoms with van der Waals surface area (Å²) in [5.74, 6) is -0.0535. The molecule has 5 heteroatoms. The average molecular weight is 289 g/mol. The molecular formula is C13H18Cl2N2O. The van der Waals surface area contributed by atoms with Crippen LogP contribution in [-0.4, -0.2) is 18.5 Å². The molecule has 100 valence electrons. The molecule has 1 aromatic rings. The predicted molar refractivity (Wildman–Crippen MR) is 76.2 cm³/mol. The van der Waals surface area contributed by atoms with Crippen LogP contribution in [0, 0.1) is 0 Å². The number of rotatable bonds is 5. The van der Waals surface area contributed by atoms with Crippen molar-refractivity contribution in [2.24, 2.45) is 0 Å². The molecule has 0 radical (unpaired) electrons. The molecule has 1 amide bonds. The van der Waals surface area contributed by atoms with Gasteiger partial charge < -0.3 is 10.6 Å². The first-order valence-electron chi connectivity index (χ1n) is 5.88. The van der Waals surface area contributed by atoms with Gasteiger partial charge in [-0.25, -0.2) is 0 Å². The fraction of sp³-hybridized carbons (Fsp3) is 0.462. The van der Waals surface area contributed by atoms with Crippen molar-refractivity contribution >= 4 is 29.1 Å². The molecular weight excluding hydrogens is 271 g/mol. The number of nitrogens with one attached hydrogen (secondary N) is 2. The minimum absolute atomic E-state index is 0.0535. The van der Waals surface area contributed by atoms with Crippen LogP contribution in [0.15, 0.2) is 18.2 Å². The van der Waals surface area contributed by atoms with Gasteiger partial charge >= 0.3 is 0 Å². The molecule has 0 unspecified atom stereocenters. The van der Waals surface area contributed by atoms with Crippen LogP contribution in [0.4, 0.5) is 0 Å². The number of benzene rings is 1. The van der Waals surface area contributed by atoms with Gasteiger partial charge in [-0.2, -0.15) is 0 Å². The van der Waals surface area contributed by atoms with Gasteiger partial charge in [0.25, 0.3) is 0 Å². The fourth-order valence-electron chi connectivity index (χ4n) is 1.52. The Hall–Kier alpha value is -0.770. The second kappa shape index (κ2) is 6.98. The Morgan fingerprint density at radius 1 is 1.28 bits per heavy atom. The molecule has 0 aliphatic rings. The van der Waals surface area contributed by atoms with Gasteiger partial charge in [-0.05, 0) is 24.6 Å². The van der Waals surface area contributed by atoms with Gasteiger partial charge in [0.05, 0.1) is 12.6 Å². The molecule has 0 saturated carbocycles. The summed E-state index contributed by atoms with van der Waals surface area (Å²) in [7, 11) is 0. The summed E-state index contributed by atoms with van der Waals surface area (Å²) >= 11 is 11.9. The topological polar surface area (TPSA) is 41.1 Å². The summed E-state index contributed by atoms with van der Waals surface area (Å²) in [6.07, 6.45) is 0. The maximum Gasteiger partial charge on any atom is 0.234 e. The van der Waals surface area contributed by atoms with Gasteiger partial charge in [0.2, 0.25) is 5.91 Å². The van der Waals surface area contributed by atoms with E-state index >= 15 is 0 Å². The number of hydrogen-bond donors (Lipinski definition) is 2. The van der Waals surface area contributed by atoms with E-state index in [1.807, 2.05) is 26.8 Å². The highest BCUT2D eigenvalue weighted by Gasteiger charge is 2.12. The number of hydrogen-bond acceptors (Lipinski definition) is 2. The van der Waals surface area contributed by atoms with E-state index in [0.29, 0.717) is 16.6 Å². The summed E-state index contributed by atoms with van der Waals surface area (Å²) in [6.45, 7) is 6.18. The predicted octanol–water partition coefficient (Wildman–Crippen LogP) is 3.17. The summed E-state index contributed by atoms with van der Waals surface area (Å²) in [4.78, 5) is 11.7. The molecule has 18 heavy (non-hydrogen) atoms. The number of halogens is 2. The van der Waals surface area contributed by atoms with Crippen molar-refractivity contribution in [3.63, 3.8) is 0 Å². The van der Waals surface area contributed by atoms with Crippen LogP contribution in [0.5, 0.6) is 0 Å². The third-order valence-corrected chi connectivity index (χ3v) is 3.04. The van der Waals surface area contributed by atoms with E-state index in [-0.39, 0.29) is 18.0 Å². The molecule has 1 rings (SSSR count). The lowest BCUT2D eigenvalue weighted by molar-refractivity contribution is -0.121. The highest BCUT2D eigenvalue weighted by molar-refractivity contribution is 6.35. The standard InChI is InChI=1S/C13H18Cl2N2O/c1-8(2)16-7-13(18)17-9(3)11-5-4-10(14)6-12(11)15/h4-6,8-9,16H,7H2,1-3H3,(H,17,18)/t9-/m0/s1. The number of carbonyl (C=O) groups is 1. The smallest absolute Gasteiger partial charge is 0.234 e.